The predicted molar refractivity (Wildman–Crippen MR) is 53.6 cm³/mol. The number of para-hydroxylation sites is 1. The predicted octanol–water partition coefficient (Wildman–Crippen LogP) is 2.50. The molecule has 13 heavy (non-hydrogen) atoms. The molecule has 1 N–H and O–H groups in total. The molecule has 1 amide bonds. The third-order valence-electron chi connectivity index (χ3n) is 2.82. The summed E-state index contributed by atoms with van der Waals surface area (Å²) in [5.74, 6) is 0.924. The van der Waals surface area contributed by atoms with Gasteiger partial charge in [-0.25, -0.2) is 0 Å². The first kappa shape index (κ1) is 7.56. The molecule has 1 heterocycles. The monoisotopic (exact) mass is 237 g/mol. The molecule has 66 valence electrons. The molecule has 0 bridgehead atoms. The molecule has 2 aliphatic rings. The van der Waals surface area contributed by atoms with Crippen LogP contribution < -0.4 is 5.32 Å². The highest BCUT2D eigenvalue weighted by Crippen LogP contribution is 2.54. The van der Waals surface area contributed by atoms with Crippen LogP contribution in [0, 0.1) is 5.92 Å². The molecular weight excluding hydrogens is 230 g/mol. The minimum Gasteiger partial charge on any atom is -0.325 e. The highest BCUT2D eigenvalue weighted by atomic mass is 79.9. The Morgan fingerprint density at radius 3 is 3.08 bits per heavy atom. The minimum absolute atomic E-state index is 0.185. The summed E-state index contributed by atoms with van der Waals surface area (Å²) in [7, 11) is 0. The number of fused-ring (bicyclic) bond motifs is 3. The zero-order valence-electron chi connectivity index (χ0n) is 6.88. The number of rotatable bonds is 0. The number of nitrogens with one attached hydrogen (secondary N) is 1. The van der Waals surface area contributed by atoms with E-state index in [4.69, 9.17) is 0 Å². The normalized spacial score (nSPS) is 28.8. The van der Waals surface area contributed by atoms with Crippen LogP contribution in [-0.2, 0) is 4.79 Å². The first-order valence-electron chi connectivity index (χ1n) is 4.36. The Morgan fingerprint density at radius 1 is 1.38 bits per heavy atom. The van der Waals surface area contributed by atoms with E-state index in [9.17, 15) is 4.79 Å². The van der Waals surface area contributed by atoms with Gasteiger partial charge in [-0.15, -0.1) is 0 Å². The van der Waals surface area contributed by atoms with Crippen LogP contribution in [0.15, 0.2) is 22.7 Å². The van der Waals surface area contributed by atoms with Gasteiger partial charge in [-0.3, -0.25) is 4.79 Å². The summed E-state index contributed by atoms with van der Waals surface area (Å²) in [5, 5.41) is 2.93. The van der Waals surface area contributed by atoms with Crippen molar-refractivity contribution in [2.45, 2.75) is 12.3 Å². The number of halogens is 1. The maximum atomic E-state index is 11.4. The van der Waals surface area contributed by atoms with Gasteiger partial charge < -0.3 is 5.32 Å². The summed E-state index contributed by atoms with van der Waals surface area (Å²) >= 11 is 3.44. The second kappa shape index (κ2) is 2.35. The summed E-state index contributed by atoms with van der Waals surface area (Å²) < 4.78 is 0.990. The highest BCUT2D eigenvalue weighted by molar-refractivity contribution is 9.10. The first-order chi connectivity index (χ1) is 6.27. The molecule has 0 spiro atoms. The number of hydrogen-bond donors (Lipinski definition) is 1. The van der Waals surface area contributed by atoms with Gasteiger partial charge in [-0.1, -0.05) is 12.1 Å². The van der Waals surface area contributed by atoms with Crippen molar-refractivity contribution in [3.05, 3.63) is 28.2 Å². The Morgan fingerprint density at radius 2 is 2.23 bits per heavy atom. The molecular formula is C10H8BrNO. The van der Waals surface area contributed by atoms with Gasteiger partial charge in [-0.05, 0) is 39.9 Å². The molecule has 3 rings (SSSR count). The van der Waals surface area contributed by atoms with Gasteiger partial charge >= 0.3 is 0 Å². The summed E-state index contributed by atoms with van der Waals surface area (Å²) in [6, 6.07) is 6.09. The number of hydrogen-bond acceptors (Lipinski definition) is 1. The largest absolute Gasteiger partial charge is 0.325 e. The van der Waals surface area contributed by atoms with Crippen LogP contribution in [0.4, 0.5) is 5.69 Å². The molecule has 3 heteroatoms. The van der Waals surface area contributed by atoms with Crippen LogP contribution in [0.2, 0.25) is 0 Å². The van der Waals surface area contributed by atoms with Gasteiger partial charge in [0, 0.05) is 10.4 Å². The van der Waals surface area contributed by atoms with E-state index in [0.717, 1.165) is 16.6 Å². The van der Waals surface area contributed by atoms with E-state index in [1.165, 1.54) is 5.56 Å². The Labute approximate surface area is 84.5 Å². The van der Waals surface area contributed by atoms with Crippen LogP contribution in [0.1, 0.15) is 17.9 Å². The molecule has 1 aliphatic heterocycles. The van der Waals surface area contributed by atoms with Crippen LogP contribution in [-0.4, -0.2) is 5.91 Å². The fraction of sp³-hybridized carbons (Fsp3) is 0.300. The molecule has 2 atom stereocenters. The lowest BCUT2D eigenvalue weighted by molar-refractivity contribution is -0.117. The standard InChI is InChI=1S/C10H8BrNO/c11-8-3-1-2-5-6-4-7(6)10(13)12-9(5)8/h1-3,6-7H,4H2,(H,12,13)/t6-,7+/m0/s1. The molecule has 1 aromatic rings. The molecule has 2 nitrogen and oxygen atoms in total. The van der Waals surface area contributed by atoms with Gasteiger partial charge in [0.25, 0.3) is 0 Å². The Hall–Kier alpha value is -0.830. The van der Waals surface area contributed by atoms with Crippen LogP contribution in [0.5, 0.6) is 0 Å². The van der Waals surface area contributed by atoms with Crippen molar-refractivity contribution in [1.82, 2.24) is 0 Å². The van der Waals surface area contributed by atoms with Gasteiger partial charge in [0.05, 0.1) is 5.69 Å². The van der Waals surface area contributed by atoms with Crippen LogP contribution >= 0.6 is 15.9 Å². The van der Waals surface area contributed by atoms with Gasteiger partial charge in [-0.2, -0.15) is 0 Å². The summed E-state index contributed by atoms with van der Waals surface area (Å²) in [4.78, 5) is 11.4. The quantitative estimate of drug-likeness (QED) is 0.739. The van der Waals surface area contributed by atoms with Crippen molar-refractivity contribution >= 4 is 27.5 Å². The number of anilines is 1. The zero-order chi connectivity index (χ0) is 9.00. The molecule has 1 saturated carbocycles. The average Bonchev–Trinajstić information content (AvgIpc) is 2.87. The molecule has 1 fully saturated rings. The van der Waals surface area contributed by atoms with Crippen LogP contribution in [0.3, 0.4) is 0 Å². The maximum Gasteiger partial charge on any atom is 0.228 e. The Bertz CT molecular complexity index is 402. The highest BCUT2D eigenvalue weighted by Gasteiger charge is 2.48. The lowest BCUT2D eigenvalue weighted by Crippen LogP contribution is -2.19. The molecule has 0 aromatic heterocycles. The SMILES string of the molecule is O=C1Nc2c(Br)cccc2[C@@H]2C[C@@H]12. The van der Waals surface area contributed by atoms with Crippen molar-refractivity contribution in [2.75, 3.05) is 5.32 Å². The fourth-order valence-corrected chi connectivity index (χ4v) is 2.51. The van der Waals surface area contributed by atoms with E-state index < -0.39 is 0 Å². The number of carbonyl (C=O) groups excluding carboxylic acids is 1. The van der Waals surface area contributed by atoms with E-state index in [1.807, 2.05) is 12.1 Å². The minimum atomic E-state index is 0.185. The van der Waals surface area contributed by atoms with E-state index >= 15 is 0 Å². The molecule has 1 aromatic carbocycles. The van der Waals surface area contributed by atoms with Gasteiger partial charge in [0.2, 0.25) is 5.91 Å². The number of benzene rings is 1. The Balaban J connectivity index is 2.19. The lowest BCUT2D eigenvalue weighted by atomic mass is 10.0. The number of amides is 1. The number of carbonyl (C=O) groups is 1. The van der Waals surface area contributed by atoms with Crippen molar-refractivity contribution in [2.24, 2.45) is 5.92 Å². The third kappa shape index (κ3) is 0.967. The van der Waals surface area contributed by atoms with E-state index in [-0.39, 0.29) is 11.8 Å². The average molecular weight is 238 g/mol. The van der Waals surface area contributed by atoms with E-state index in [1.54, 1.807) is 0 Å². The fourth-order valence-electron chi connectivity index (χ4n) is 2.03. The van der Waals surface area contributed by atoms with Crippen LogP contribution in [0.25, 0.3) is 0 Å². The Kier molecular flexibility index (Phi) is 1.37. The first-order valence-corrected chi connectivity index (χ1v) is 5.16. The second-order valence-electron chi connectivity index (χ2n) is 3.64. The summed E-state index contributed by atoms with van der Waals surface area (Å²) in [5.41, 5.74) is 2.27. The molecule has 0 saturated heterocycles. The zero-order valence-corrected chi connectivity index (χ0v) is 8.47. The van der Waals surface area contributed by atoms with Gasteiger partial charge in [0.15, 0.2) is 0 Å². The van der Waals surface area contributed by atoms with Crippen molar-refractivity contribution in [1.29, 1.82) is 0 Å². The van der Waals surface area contributed by atoms with Gasteiger partial charge in [0.1, 0.15) is 0 Å². The van der Waals surface area contributed by atoms with E-state index in [0.29, 0.717) is 5.92 Å². The second-order valence-corrected chi connectivity index (χ2v) is 4.50. The summed E-state index contributed by atoms with van der Waals surface area (Å²) in [6.45, 7) is 0. The van der Waals surface area contributed by atoms with E-state index in [2.05, 4.69) is 27.3 Å². The van der Waals surface area contributed by atoms with Crippen molar-refractivity contribution in [3.63, 3.8) is 0 Å². The summed E-state index contributed by atoms with van der Waals surface area (Å²) in [6.07, 6.45) is 1.02. The van der Waals surface area contributed by atoms with Crippen molar-refractivity contribution in [3.8, 4) is 0 Å². The molecule has 1 aliphatic carbocycles. The lowest BCUT2D eigenvalue weighted by Gasteiger charge is -2.17. The topological polar surface area (TPSA) is 29.1 Å². The maximum absolute atomic E-state index is 11.4. The molecule has 0 unspecified atom stereocenters. The smallest absolute Gasteiger partial charge is 0.228 e. The van der Waals surface area contributed by atoms with Crippen molar-refractivity contribution < 1.29 is 4.79 Å². The molecule has 0 radical (unpaired) electrons. The third-order valence-corrected chi connectivity index (χ3v) is 3.48.